The van der Waals surface area contributed by atoms with E-state index in [0.717, 1.165) is 19.5 Å². The maximum Gasteiger partial charge on any atom is 0.236 e. The summed E-state index contributed by atoms with van der Waals surface area (Å²) in [7, 11) is 2.15. The van der Waals surface area contributed by atoms with Crippen molar-refractivity contribution >= 4 is 5.91 Å². The molecule has 2 fully saturated rings. The van der Waals surface area contributed by atoms with Gasteiger partial charge in [-0.1, -0.05) is 0 Å². The minimum atomic E-state index is -0.00144. The molecule has 2 atom stereocenters. The summed E-state index contributed by atoms with van der Waals surface area (Å²) in [5.74, 6) is -0.00144. The lowest BCUT2D eigenvalue weighted by Gasteiger charge is -2.25. The van der Waals surface area contributed by atoms with E-state index in [4.69, 9.17) is 5.26 Å². The minimum absolute atomic E-state index is 0.00144. The monoisotopic (exact) mass is 207 g/mol. The molecule has 0 spiro atoms. The number of nitriles is 1. The van der Waals surface area contributed by atoms with Gasteiger partial charge in [0.05, 0.1) is 6.07 Å². The summed E-state index contributed by atoms with van der Waals surface area (Å²) in [6.07, 6.45) is 3.55. The number of likely N-dealkylation sites (N-methyl/N-ethyl adjacent to an activating group) is 1. The van der Waals surface area contributed by atoms with E-state index in [0.29, 0.717) is 12.1 Å². The summed E-state index contributed by atoms with van der Waals surface area (Å²) < 4.78 is 0. The number of likely N-dealkylation sites (tertiary alicyclic amines) is 1. The quantitative estimate of drug-likeness (QED) is 0.632. The second-order valence-corrected chi connectivity index (χ2v) is 4.51. The van der Waals surface area contributed by atoms with E-state index >= 15 is 0 Å². The van der Waals surface area contributed by atoms with Crippen LogP contribution in [0.3, 0.4) is 0 Å². The lowest BCUT2D eigenvalue weighted by atomic mass is 10.1. The molecule has 0 aromatic carbocycles. The van der Waals surface area contributed by atoms with E-state index in [-0.39, 0.29) is 12.3 Å². The summed E-state index contributed by atoms with van der Waals surface area (Å²) in [5, 5.41) is 8.51. The van der Waals surface area contributed by atoms with Crippen molar-refractivity contribution in [3.8, 4) is 6.07 Å². The highest BCUT2D eigenvalue weighted by Crippen LogP contribution is 2.28. The maximum absolute atomic E-state index is 11.6. The van der Waals surface area contributed by atoms with Gasteiger partial charge in [-0.05, 0) is 26.3 Å². The molecule has 0 aromatic rings. The van der Waals surface area contributed by atoms with Crippen molar-refractivity contribution in [3.63, 3.8) is 0 Å². The molecule has 2 aliphatic heterocycles. The molecular weight excluding hydrogens is 190 g/mol. The Morgan fingerprint density at radius 3 is 2.87 bits per heavy atom. The van der Waals surface area contributed by atoms with Gasteiger partial charge in [0.15, 0.2) is 0 Å². The average molecular weight is 207 g/mol. The SMILES string of the molecule is CN1C2CCC1CN(C(=O)CC#N)CC2. The highest BCUT2D eigenvalue weighted by atomic mass is 16.2. The summed E-state index contributed by atoms with van der Waals surface area (Å²) in [6.45, 7) is 1.64. The van der Waals surface area contributed by atoms with E-state index in [1.807, 2.05) is 11.0 Å². The van der Waals surface area contributed by atoms with Gasteiger partial charge in [-0.15, -0.1) is 0 Å². The van der Waals surface area contributed by atoms with E-state index in [1.165, 1.54) is 12.8 Å². The van der Waals surface area contributed by atoms with Crippen LogP contribution in [0.25, 0.3) is 0 Å². The molecule has 4 heteroatoms. The fourth-order valence-electron chi connectivity index (χ4n) is 2.71. The van der Waals surface area contributed by atoms with Crippen molar-refractivity contribution in [2.24, 2.45) is 0 Å². The lowest BCUT2D eigenvalue weighted by Crippen LogP contribution is -2.39. The third-order valence-corrected chi connectivity index (χ3v) is 3.73. The number of amides is 1. The Kier molecular flexibility index (Phi) is 2.92. The van der Waals surface area contributed by atoms with Crippen molar-refractivity contribution in [1.82, 2.24) is 9.80 Å². The number of carbonyl (C=O) groups excluding carboxylic acids is 1. The molecule has 2 unspecified atom stereocenters. The van der Waals surface area contributed by atoms with Gasteiger partial charge in [0.25, 0.3) is 0 Å². The number of hydrogen-bond donors (Lipinski definition) is 0. The van der Waals surface area contributed by atoms with E-state index in [9.17, 15) is 4.79 Å². The number of fused-ring (bicyclic) bond motifs is 2. The standard InChI is InChI=1S/C11H17N3O/c1-13-9-2-3-10(13)8-14(7-5-9)11(15)4-6-12/h9-10H,2-5,7-8H2,1H3. The molecule has 2 bridgehead atoms. The summed E-state index contributed by atoms with van der Waals surface area (Å²) >= 11 is 0. The lowest BCUT2D eigenvalue weighted by molar-refractivity contribution is -0.130. The summed E-state index contributed by atoms with van der Waals surface area (Å²) in [6, 6.07) is 3.10. The van der Waals surface area contributed by atoms with Crippen molar-refractivity contribution in [1.29, 1.82) is 5.26 Å². The van der Waals surface area contributed by atoms with Gasteiger partial charge in [0, 0.05) is 25.2 Å². The second kappa shape index (κ2) is 4.19. The van der Waals surface area contributed by atoms with Gasteiger partial charge in [-0.25, -0.2) is 0 Å². The molecule has 0 aromatic heterocycles. The smallest absolute Gasteiger partial charge is 0.236 e. The fraction of sp³-hybridized carbons (Fsp3) is 0.818. The third-order valence-electron chi connectivity index (χ3n) is 3.73. The zero-order valence-corrected chi connectivity index (χ0v) is 9.15. The first kappa shape index (κ1) is 10.4. The predicted octanol–water partition coefficient (Wildman–Crippen LogP) is 0.595. The first-order valence-electron chi connectivity index (χ1n) is 5.59. The molecule has 2 aliphatic rings. The summed E-state index contributed by atoms with van der Waals surface area (Å²) in [4.78, 5) is 15.9. The van der Waals surface area contributed by atoms with Crippen LogP contribution >= 0.6 is 0 Å². The van der Waals surface area contributed by atoms with Gasteiger partial charge in [0.2, 0.25) is 5.91 Å². The van der Waals surface area contributed by atoms with Crippen molar-refractivity contribution in [2.45, 2.75) is 37.8 Å². The van der Waals surface area contributed by atoms with Crippen LogP contribution in [-0.2, 0) is 4.79 Å². The van der Waals surface area contributed by atoms with Crippen LogP contribution in [0.5, 0.6) is 0 Å². The zero-order chi connectivity index (χ0) is 10.8. The molecule has 15 heavy (non-hydrogen) atoms. The highest BCUT2D eigenvalue weighted by Gasteiger charge is 2.35. The number of hydrogen-bond acceptors (Lipinski definition) is 3. The molecule has 2 rings (SSSR count). The Hall–Kier alpha value is -1.08. The third kappa shape index (κ3) is 1.98. The van der Waals surface area contributed by atoms with Crippen molar-refractivity contribution in [2.75, 3.05) is 20.1 Å². The van der Waals surface area contributed by atoms with Crippen molar-refractivity contribution in [3.05, 3.63) is 0 Å². The number of carbonyl (C=O) groups is 1. The molecule has 0 aliphatic carbocycles. The van der Waals surface area contributed by atoms with E-state index in [1.54, 1.807) is 0 Å². The van der Waals surface area contributed by atoms with Crippen LogP contribution in [0.15, 0.2) is 0 Å². The summed E-state index contributed by atoms with van der Waals surface area (Å²) in [5.41, 5.74) is 0. The minimum Gasteiger partial charge on any atom is -0.340 e. The molecule has 2 heterocycles. The molecule has 4 nitrogen and oxygen atoms in total. The Balaban J connectivity index is 2.01. The molecule has 0 N–H and O–H groups in total. The number of rotatable bonds is 1. The first-order chi connectivity index (χ1) is 7.22. The Morgan fingerprint density at radius 2 is 2.13 bits per heavy atom. The topological polar surface area (TPSA) is 47.3 Å². The van der Waals surface area contributed by atoms with E-state index in [2.05, 4.69) is 11.9 Å². The molecule has 0 radical (unpaired) electrons. The predicted molar refractivity (Wildman–Crippen MR) is 56.0 cm³/mol. The van der Waals surface area contributed by atoms with Gasteiger partial charge in [-0.3, -0.25) is 9.69 Å². The zero-order valence-electron chi connectivity index (χ0n) is 9.15. The van der Waals surface area contributed by atoms with Crippen LogP contribution in [0.1, 0.15) is 25.7 Å². The van der Waals surface area contributed by atoms with Crippen LogP contribution in [-0.4, -0.2) is 47.9 Å². The normalized spacial score (nSPS) is 31.1. The van der Waals surface area contributed by atoms with Crippen LogP contribution < -0.4 is 0 Å². The first-order valence-corrected chi connectivity index (χ1v) is 5.59. The highest BCUT2D eigenvalue weighted by molar-refractivity contribution is 5.78. The van der Waals surface area contributed by atoms with Crippen LogP contribution in [0, 0.1) is 11.3 Å². The molecule has 0 saturated carbocycles. The average Bonchev–Trinajstić information content (AvgIpc) is 2.41. The maximum atomic E-state index is 11.6. The molecular formula is C11H17N3O. The van der Waals surface area contributed by atoms with Gasteiger partial charge >= 0.3 is 0 Å². The van der Waals surface area contributed by atoms with Gasteiger partial charge in [0.1, 0.15) is 6.42 Å². The fourth-order valence-corrected chi connectivity index (χ4v) is 2.71. The molecule has 1 amide bonds. The van der Waals surface area contributed by atoms with Crippen LogP contribution in [0.4, 0.5) is 0 Å². The van der Waals surface area contributed by atoms with Crippen molar-refractivity contribution < 1.29 is 4.79 Å². The molecule has 82 valence electrons. The Labute approximate surface area is 90.5 Å². The van der Waals surface area contributed by atoms with E-state index < -0.39 is 0 Å². The van der Waals surface area contributed by atoms with Gasteiger partial charge in [-0.2, -0.15) is 5.26 Å². The van der Waals surface area contributed by atoms with Gasteiger partial charge < -0.3 is 4.90 Å². The Morgan fingerprint density at radius 1 is 1.40 bits per heavy atom. The molecule has 2 saturated heterocycles. The number of nitrogens with zero attached hydrogens (tertiary/aromatic N) is 3. The second-order valence-electron chi connectivity index (χ2n) is 4.51. The largest absolute Gasteiger partial charge is 0.340 e. The Bertz CT molecular complexity index is 297. The van der Waals surface area contributed by atoms with Crippen LogP contribution in [0.2, 0.25) is 0 Å².